The molecule has 0 bridgehead atoms. The van der Waals surface area contributed by atoms with Crippen LogP contribution >= 0.6 is 39.1 Å². The van der Waals surface area contributed by atoms with E-state index in [0.29, 0.717) is 16.7 Å². The molecule has 0 saturated carbocycles. The Labute approximate surface area is 125 Å². The summed E-state index contributed by atoms with van der Waals surface area (Å²) in [6.07, 6.45) is 0. The van der Waals surface area contributed by atoms with Crippen molar-refractivity contribution < 1.29 is 4.74 Å². The highest BCUT2D eigenvalue weighted by Crippen LogP contribution is 2.33. The van der Waals surface area contributed by atoms with Crippen LogP contribution in [-0.4, -0.2) is 0 Å². The fourth-order valence-corrected chi connectivity index (χ4v) is 2.45. The zero-order valence-electron chi connectivity index (χ0n) is 9.71. The molecule has 0 aliphatic carbocycles. The van der Waals surface area contributed by atoms with Gasteiger partial charge in [0.2, 0.25) is 0 Å². The predicted octanol–water partition coefficient (Wildman–Crippen LogP) is 5.94. The average Bonchev–Trinajstić information content (AvgIpc) is 2.34. The summed E-state index contributed by atoms with van der Waals surface area (Å²) in [5, 5.41) is 0.596. The first-order valence-corrected chi connectivity index (χ1v) is 7.09. The summed E-state index contributed by atoms with van der Waals surface area (Å²) in [6, 6.07) is 11.4. The molecular weight excluding hydrogens is 335 g/mol. The first-order valence-electron chi connectivity index (χ1n) is 5.38. The smallest absolute Gasteiger partial charge is 0.146 e. The second-order valence-corrected chi connectivity index (χ2v) is 5.51. The van der Waals surface area contributed by atoms with Crippen molar-refractivity contribution in [1.82, 2.24) is 0 Å². The Hall–Kier alpha value is -0.700. The van der Waals surface area contributed by atoms with Crippen molar-refractivity contribution in [1.29, 1.82) is 0 Å². The van der Waals surface area contributed by atoms with E-state index in [1.807, 2.05) is 43.3 Å². The zero-order valence-corrected chi connectivity index (χ0v) is 12.8. The standard InChI is InChI=1S/C14H11BrCl2O/c1-9-2-4-14(12(17)6-9)18-13-5-3-11(15)7-10(13)8-16/h2-7H,8H2,1H3. The van der Waals surface area contributed by atoms with Gasteiger partial charge in [0.05, 0.1) is 10.9 Å². The summed E-state index contributed by atoms with van der Waals surface area (Å²) in [4.78, 5) is 0. The zero-order chi connectivity index (χ0) is 13.1. The first-order chi connectivity index (χ1) is 8.60. The van der Waals surface area contributed by atoms with Crippen molar-refractivity contribution in [2.45, 2.75) is 12.8 Å². The molecule has 0 atom stereocenters. The summed E-state index contributed by atoms with van der Waals surface area (Å²) in [5.74, 6) is 1.74. The van der Waals surface area contributed by atoms with Crippen LogP contribution in [0.3, 0.4) is 0 Å². The molecular formula is C14H11BrCl2O. The largest absolute Gasteiger partial charge is 0.455 e. The van der Waals surface area contributed by atoms with Crippen molar-refractivity contribution in [2.24, 2.45) is 0 Å². The molecule has 0 N–H and O–H groups in total. The fourth-order valence-electron chi connectivity index (χ4n) is 1.56. The fraction of sp³-hybridized carbons (Fsp3) is 0.143. The van der Waals surface area contributed by atoms with Gasteiger partial charge < -0.3 is 4.74 Å². The van der Waals surface area contributed by atoms with Crippen molar-refractivity contribution >= 4 is 39.1 Å². The highest BCUT2D eigenvalue weighted by atomic mass is 79.9. The second kappa shape index (κ2) is 5.96. The Balaban J connectivity index is 2.33. The van der Waals surface area contributed by atoms with Gasteiger partial charge in [-0.15, -0.1) is 11.6 Å². The van der Waals surface area contributed by atoms with E-state index in [1.54, 1.807) is 0 Å². The van der Waals surface area contributed by atoms with Gasteiger partial charge in [-0.25, -0.2) is 0 Å². The molecule has 0 aliphatic heterocycles. The topological polar surface area (TPSA) is 9.23 Å². The summed E-state index contributed by atoms with van der Waals surface area (Å²) < 4.78 is 6.78. The number of hydrogen-bond donors (Lipinski definition) is 0. The van der Waals surface area contributed by atoms with Crippen molar-refractivity contribution in [3.63, 3.8) is 0 Å². The minimum absolute atomic E-state index is 0.387. The molecule has 0 fully saturated rings. The van der Waals surface area contributed by atoms with Gasteiger partial charge in [0.1, 0.15) is 11.5 Å². The Morgan fingerprint density at radius 1 is 1.11 bits per heavy atom. The lowest BCUT2D eigenvalue weighted by atomic mass is 10.2. The normalized spacial score (nSPS) is 10.4. The van der Waals surface area contributed by atoms with Crippen LogP contribution in [0.5, 0.6) is 11.5 Å². The van der Waals surface area contributed by atoms with E-state index in [-0.39, 0.29) is 0 Å². The number of hydrogen-bond acceptors (Lipinski definition) is 1. The van der Waals surface area contributed by atoms with Crippen LogP contribution in [0.2, 0.25) is 5.02 Å². The maximum Gasteiger partial charge on any atom is 0.146 e. The molecule has 2 aromatic carbocycles. The summed E-state index contributed by atoms with van der Waals surface area (Å²) in [7, 11) is 0. The molecule has 0 aromatic heterocycles. The van der Waals surface area contributed by atoms with E-state index < -0.39 is 0 Å². The highest BCUT2D eigenvalue weighted by Gasteiger charge is 2.08. The SMILES string of the molecule is Cc1ccc(Oc2ccc(Br)cc2CCl)c(Cl)c1. The number of benzene rings is 2. The Bertz CT molecular complexity index is 570. The quantitative estimate of drug-likeness (QED) is 0.625. The third-order valence-electron chi connectivity index (χ3n) is 2.47. The van der Waals surface area contributed by atoms with Gasteiger partial charge in [-0.2, -0.15) is 0 Å². The van der Waals surface area contributed by atoms with Gasteiger partial charge in [-0.1, -0.05) is 33.6 Å². The predicted molar refractivity (Wildman–Crippen MR) is 80.0 cm³/mol. The van der Waals surface area contributed by atoms with Crippen LogP contribution in [0.25, 0.3) is 0 Å². The molecule has 2 rings (SSSR count). The number of halogens is 3. The van der Waals surface area contributed by atoms with Crippen LogP contribution in [0.15, 0.2) is 40.9 Å². The van der Waals surface area contributed by atoms with Gasteiger partial charge in [0.25, 0.3) is 0 Å². The third-order valence-corrected chi connectivity index (χ3v) is 3.55. The molecule has 18 heavy (non-hydrogen) atoms. The Morgan fingerprint density at radius 2 is 1.83 bits per heavy atom. The lowest BCUT2D eigenvalue weighted by molar-refractivity contribution is 0.478. The molecule has 0 aliphatic rings. The van der Waals surface area contributed by atoms with E-state index in [1.165, 1.54) is 0 Å². The van der Waals surface area contributed by atoms with E-state index in [4.69, 9.17) is 27.9 Å². The van der Waals surface area contributed by atoms with E-state index in [9.17, 15) is 0 Å². The minimum atomic E-state index is 0.387. The van der Waals surface area contributed by atoms with Crippen LogP contribution in [-0.2, 0) is 5.88 Å². The van der Waals surface area contributed by atoms with Crippen LogP contribution < -0.4 is 4.74 Å². The van der Waals surface area contributed by atoms with Crippen molar-refractivity contribution in [3.05, 3.63) is 57.0 Å². The number of ether oxygens (including phenoxy) is 1. The maximum absolute atomic E-state index is 6.14. The molecule has 0 saturated heterocycles. The molecule has 94 valence electrons. The molecule has 0 amide bonds. The van der Waals surface area contributed by atoms with Gasteiger partial charge in [0, 0.05) is 10.0 Å². The lowest BCUT2D eigenvalue weighted by Crippen LogP contribution is -1.90. The Kier molecular flexibility index (Phi) is 4.55. The van der Waals surface area contributed by atoms with Gasteiger partial charge >= 0.3 is 0 Å². The monoisotopic (exact) mass is 344 g/mol. The molecule has 2 aromatic rings. The van der Waals surface area contributed by atoms with Gasteiger partial charge in [0.15, 0.2) is 0 Å². The van der Waals surface area contributed by atoms with E-state index >= 15 is 0 Å². The summed E-state index contributed by atoms with van der Waals surface area (Å²) >= 11 is 15.4. The maximum atomic E-state index is 6.14. The molecule has 0 spiro atoms. The van der Waals surface area contributed by atoms with Gasteiger partial charge in [-0.05, 0) is 42.8 Å². The summed E-state index contributed by atoms with van der Waals surface area (Å²) in [6.45, 7) is 1.99. The van der Waals surface area contributed by atoms with E-state index in [2.05, 4.69) is 15.9 Å². The highest BCUT2D eigenvalue weighted by molar-refractivity contribution is 9.10. The lowest BCUT2D eigenvalue weighted by Gasteiger charge is -2.11. The van der Waals surface area contributed by atoms with Crippen LogP contribution in [0.4, 0.5) is 0 Å². The number of alkyl halides is 1. The first kappa shape index (κ1) is 13.7. The van der Waals surface area contributed by atoms with Gasteiger partial charge in [-0.3, -0.25) is 0 Å². The molecule has 0 radical (unpaired) electrons. The third kappa shape index (κ3) is 3.19. The van der Waals surface area contributed by atoms with Crippen molar-refractivity contribution in [3.8, 4) is 11.5 Å². The molecule has 0 unspecified atom stereocenters. The molecule has 4 heteroatoms. The second-order valence-electron chi connectivity index (χ2n) is 3.92. The number of rotatable bonds is 3. The Morgan fingerprint density at radius 3 is 2.50 bits per heavy atom. The molecule has 0 heterocycles. The van der Waals surface area contributed by atoms with E-state index in [0.717, 1.165) is 21.3 Å². The summed E-state index contributed by atoms with van der Waals surface area (Å²) in [5.41, 5.74) is 2.02. The van der Waals surface area contributed by atoms with Crippen LogP contribution in [0.1, 0.15) is 11.1 Å². The average molecular weight is 346 g/mol. The molecule has 1 nitrogen and oxygen atoms in total. The minimum Gasteiger partial charge on any atom is -0.455 e. The van der Waals surface area contributed by atoms with Crippen LogP contribution in [0, 0.1) is 6.92 Å². The van der Waals surface area contributed by atoms with Crippen molar-refractivity contribution in [2.75, 3.05) is 0 Å². The number of aryl methyl sites for hydroxylation is 1.